The fourth-order valence-electron chi connectivity index (χ4n) is 3.44. The van der Waals surface area contributed by atoms with Crippen LogP contribution in [0, 0.1) is 6.92 Å². The summed E-state index contributed by atoms with van der Waals surface area (Å²) in [6.45, 7) is 7.58. The summed E-state index contributed by atoms with van der Waals surface area (Å²) in [6, 6.07) is 0. The van der Waals surface area contributed by atoms with Gasteiger partial charge in [-0.15, -0.1) is 0 Å². The van der Waals surface area contributed by atoms with Gasteiger partial charge in [0.2, 0.25) is 5.95 Å². The lowest BCUT2D eigenvalue weighted by molar-refractivity contribution is 0.0740. The van der Waals surface area contributed by atoms with Gasteiger partial charge in [-0.25, -0.2) is 9.97 Å². The lowest BCUT2D eigenvalue weighted by atomic mass is 10.1. The molecule has 24 heavy (non-hydrogen) atoms. The van der Waals surface area contributed by atoms with Crippen molar-refractivity contribution >= 4 is 11.9 Å². The van der Waals surface area contributed by atoms with Crippen LogP contribution in [-0.2, 0) is 0 Å². The molecular formula is C18H29N5O. The minimum Gasteiger partial charge on any atom is -0.339 e. The van der Waals surface area contributed by atoms with Crippen molar-refractivity contribution < 1.29 is 4.79 Å². The number of piperazine rings is 1. The molecule has 2 aliphatic heterocycles. The fourth-order valence-corrected chi connectivity index (χ4v) is 3.44. The summed E-state index contributed by atoms with van der Waals surface area (Å²) in [5, 5.41) is 0. The average Bonchev–Trinajstić information content (AvgIpc) is 2.54. The van der Waals surface area contributed by atoms with Crippen LogP contribution < -0.4 is 4.90 Å². The first-order chi connectivity index (χ1) is 11.6. The Balaban J connectivity index is 1.70. The van der Waals surface area contributed by atoms with E-state index in [1.54, 1.807) is 6.20 Å². The van der Waals surface area contributed by atoms with Crippen LogP contribution in [0.5, 0.6) is 0 Å². The zero-order valence-corrected chi connectivity index (χ0v) is 15.0. The van der Waals surface area contributed by atoms with E-state index in [2.05, 4.69) is 26.8 Å². The molecule has 0 aromatic carbocycles. The highest BCUT2D eigenvalue weighted by Gasteiger charge is 2.22. The van der Waals surface area contributed by atoms with Crippen LogP contribution in [0.4, 0.5) is 5.95 Å². The molecule has 1 amide bonds. The molecule has 3 heterocycles. The molecule has 2 aliphatic rings. The van der Waals surface area contributed by atoms with Crippen LogP contribution in [-0.4, -0.2) is 72.0 Å². The first-order valence-electron chi connectivity index (χ1n) is 9.21. The number of nitrogens with zero attached hydrogens (tertiary/aromatic N) is 5. The smallest absolute Gasteiger partial charge is 0.257 e. The van der Waals surface area contributed by atoms with Crippen molar-refractivity contribution in [3.63, 3.8) is 0 Å². The molecule has 1 aromatic rings. The van der Waals surface area contributed by atoms with Gasteiger partial charge < -0.3 is 14.7 Å². The van der Waals surface area contributed by atoms with Crippen LogP contribution in [0.2, 0.25) is 0 Å². The topological polar surface area (TPSA) is 52.6 Å². The van der Waals surface area contributed by atoms with Gasteiger partial charge in [0.15, 0.2) is 0 Å². The number of carbonyl (C=O) groups excluding carboxylic acids is 1. The Morgan fingerprint density at radius 2 is 1.58 bits per heavy atom. The molecule has 6 nitrogen and oxygen atoms in total. The normalized spacial score (nSPS) is 20.6. The second kappa shape index (κ2) is 7.92. The summed E-state index contributed by atoms with van der Waals surface area (Å²) in [5.74, 6) is 0.851. The number of likely N-dealkylation sites (tertiary alicyclic amines) is 1. The van der Waals surface area contributed by atoms with Gasteiger partial charge in [-0.3, -0.25) is 4.79 Å². The maximum atomic E-state index is 12.8. The first kappa shape index (κ1) is 17.1. The van der Waals surface area contributed by atoms with E-state index in [9.17, 15) is 4.79 Å². The quantitative estimate of drug-likeness (QED) is 0.829. The summed E-state index contributed by atoms with van der Waals surface area (Å²) >= 11 is 0. The number of aromatic nitrogens is 2. The number of hydrogen-bond donors (Lipinski definition) is 0. The molecule has 0 aliphatic carbocycles. The van der Waals surface area contributed by atoms with Gasteiger partial charge in [0, 0.05) is 45.5 Å². The van der Waals surface area contributed by atoms with Crippen LogP contribution in [0.1, 0.15) is 48.2 Å². The Labute approximate surface area is 144 Å². The minimum absolute atomic E-state index is 0.0966. The van der Waals surface area contributed by atoms with E-state index in [1.165, 1.54) is 19.3 Å². The van der Waals surface area contributed by atoms with E-state index in [1.807, 2.05) is 11.8 Å². The van der Waals surface area contributed by atoms with Crippen LogP contribution in [0.25, 0.3) is 0 Å². The van der Waals surface area contributed by atoms with Crippen LogP contribution >= 0.6 is 0 Å². The Bertz CT molecular complexity index is 561. The molecule has 3 rings (SSSR count). The minimum atomic E-state index is 0.0966. The maximum absolute atomic E-state index is 12.8. The van der Waals surface area contributed by atoms with Crippen molar-refractivity contribution in [2.75, 3.05) is 51.2 Å². The zero-order valence-electron chi connectivity index (χ0n) is 15.0. The molecule has 132 valence electrons. The molecule has 0 unspecified atom stereocenters. The molecular weight excluding hydrogens is 302 g/mol. The zero-order chi connectivity index (χ0) is 16.9. The lowest BCUT2D eigenvalue weighted by Crippen LogP contribution is -2.45. The van der Waals surface area contributed by atoms with E-state index in [0.29, 0.717) is 5.56 Å². The highest BCUT2D eigenvalue weighted by Crippen LogP contribution is 2.17. The summed E-state index contributed by atoms with van der Waals surface area (Å²) in [4.78, 5) is 28.5. The molecule has 2 saturated heterocycles. The van der Waals surface area contributed by atoms with E-state index in [0.717, 1.165) is 63.8 Å². The number of hydrogen-bond acceptors (Lipinski definition) is 5. The molecule has 0 bridgehead atoms. The van der Waals surface area contributed by atoms with E-state index >= 15 is 0 Å². The van der Waals surface area contributed by atoms with Gasteiger partial charge in [-0.05, 0) is 26.8 Å². The second-order valence-corrected chi connectivity index (χ2v) is 7.02. The fraction of sp³-hybridized carbons (Fsp3) is 0.722. The largest absolute Gasteiger partial charge is 0.339 e. The molecule has 0 N–H and O–H groups in total. The molecule has 1 aromatic heterocycles. The molecule has 2 fully saturated rings. The van der Waals surface area contributed by atoms with E-state index in [4.69, 9.17) is 0 Å². The number of carbonyl (C=O) groups is 1. The van der Waals surface area contributed by atoms with Gasteiger partial charge in [-0.1, -0.05) is 19.3 Å². The maximum Gasteiger partial charge on any atom is 0.257 e. The Kier molecular flexibility index (Phi) is 5.66. The van der Waals surface area contributed by atoms with Gasteiger partial charge >= 0.3 is 0 Å². The number of aryl methyl sites for hydroxylation is 1. The second-order valence-electron chi connectivity index (χ2n) is 7.02. The summed E-state index contributed by atoms with van der Waals surface area (Å²) in [5.41, 5.74) is 1.46. The summed E-state index contributed by atoms with van der Waals surface area (Å²) < 4.78 is 0. The van der Waals surface area contributed by atoms with Crippen molar-refractivity contribution in [2.45, 2.75) is 39.0 Å². The van der Waals surface area contributed by atoms with Gasteiger partial charge in [0.1, 0.15) is 0 Å². The van der Waals surface area contributed by atoms with Gasteiger partial charge in [0.25, 0.3) is 5.91 Å². The van der Waals surface area contributed by atoms with Crippen LogP contribution in [0.3, 0.4) is 0 Å². The van der Waals surface area contributed by atoms with Gasteiger partial charge in [-0.2, -0.15) is 0 Å². The average molecular weight is 331 g/mol. The Morgan fingerprint density at radius 3 is 2.21 bits per heavy atom. The third kappa shape index (κ3) is 4.04. The molecule has 0 radical (unpaired) electrons. The van der Waals surface area contributed by atoms with Crippen molar-refractivity contribution in [2.24, 2.45) is 0 Å². The monoisotopic (exact) mass is 331 g/mol. The molecule has 0 spiro atoms. The van der Waals surface area contributed by atoms with Crippen molar-refractivity contribution in [1.82, 2.24) is 19.8 Å². The third-order valence-electron chi connectivity index (χ3n) is 5.13. The number of anilines is 1. The highest BCUT2D eigenvalue weighted by atomic mass is 16.2. The predicted octanol–water partition coefficient (Wildman–Crippen LogP) is 1.94. The molecule has 0 saturated carbocycles. The SMILES string of the molecule is Cc1nc(N2CCN(C)CC2)ncc1C(=O)N1CCCCCCC1. The standard InChI is InChI=1S/C18H29N5O/c1-15-16(17(24)22-8-6-4-3-5-7-9-22)14-19-18(20-15)23-12-10-21(2)11-13-23/h14H,3-13H2,1-2H3. The third-order valence-corrected chi connectivity index (χ3v) is 5.13. The van der Waals surface area contributed by atoms with Crippen LogP contribution in [0.15, 0.2) is 6.20 Å². The molecule has 0 atom stereocenters. The Hall–Kier alpha value is -1.69. The lowest BCUT2D eigenvalue weighted by Gasteiger charge is -2.32. The van der Waals surface area contributed by atoms with Crippen molar-refractivity contribution in [3.05, 3.63) is 17.5 Å². The summed E-state index contributed by atoms with van der Waals surface area (Å²) in [6.07, 6.45) is 7.68. The Morgan fingerprint density at radius 1 is 0.958 bits per heavy atom. The van der Waals surface area contributed by atoms with Crippen molar-refractivity contribution in [1.29, 1.82) is 0 Å². The molecule has 6 heteroatoms. The van der Waals surface area contributed by atoms with E-state index in [-0.39, 0.29) is 5.91 Å². The predicted molar refractivity (Wildman–Crippen MR) is 95.5 cm³/mol. The first-order valence-corrected chi connectivity index (χ1v) is 9.21. The number of likely N-dealkylation sites (N-methyl/N-ethyl adjacent to an activating group) is 1. The van der Waals surface area contributed by atoms with E-state index < -0.39 is 0 Å². The number of amides is 1. The highest BCUT2D eigenvalue weighted by molar-refractivity contribution is 5.95. The van der Waals surface area contributed by atoms with Crippen molar-refractivity contribution in [3.8, 4) is 0 Å². The summed E-state index contributed by atoms with van der Waals surface area (Å²) in [7, 11) is 2.13. The number of rotatable bonds is 2. The van der Waals surface area contributed by atoms with Gasteiger partial charge in [0.05, 0.1) is 11.3 Å².